The van der Waals surface area contributed by atoms with Gasteiger partial charge in [0.05, 0.1) is 151 Å². The Kier molecular flexibility index (Phi) is 40.2. The highest BCUT2D eigenvalue weighted by Gasteiger charge is 2.34. The van der Waals surface area contributed by atoms with E-state index in [4.69, 9.17) is 62.7 Å². The van der Waals surface area contributed by atoms with Crippen molar-refractivity contribution in [2.75, 3.05) is 183 Å². The van der Waals surface area contributed by atoms with Crippen molar-refractivity contribution < 1.29 is 91.5 Å². The van der Waals surface area contributed by atoms with Gasteiger partial charge in [-0.05, 0) is 36.6 Å². The van der Waals surface area contributed by atoms with Crippen molar-refractivity contribution in [1.29, 1.82) is 0 Å². The second-order valence-corrected chi connectivity index (χ2v) is 18.5. The molecule has 2 aromatic rings. The van der Waals surface area contributed by atoms with Crippen LogP contribution in [0.3, 0.4) is 0 Å². The summed E-state index contributed by atoms with van der Waals surface area (Å²) in [6, 6.07) is 15.2. The lowest BCUT2D eigenvalue weighted by molar-refractivity contribution is -0.131. The topological polar surface area (TPSA) is 319 Å². The minimum Gasteiger partial charge on any atom is -0.394 e. The number of hydrogen-bond acceptors (Lipinski definition) is 19. The second kappa shape index (κ2) is 46.7. The zero-order valence-electron chi connectivity index (χ0n) is 47.4. The lowest BCUT2D eigenvalue weighted by Crippen LogP contribution is -2.58. The first kappa shape index (κ1) is 70.6. The van der Waals surface area contributed by atoms with E-state index < -0.39 is 11.4 Å². The number of aliphatic hydroxyl groups is 3. The zero-order valence-corrected chi connectivity index (χ0v) is 47.4. The van der Waals surface area contributed by atoms with Crippen LogP contribution >= 0.6 is 0 Å². The summed E-state index contributed by atoms with van der Waals surface area (Å²) < 4.78 is 55.5. The Morgan fingerprint density at radius 1 is 0.415 bits per heavy atom. The van der Waals surface area contributed by atoms with Crippen molar-refractivity contribution in [2.24, 2.45) is 0 Å². The highest BCUT2D eigenvalue weighted by atomic mass is 16.5. The van der Waals surface area contributed by atoms with Crippen LogP contribution < -0.4 is 31.5 Å². The number of aliphatic hydroxyl groups excluding tert-OH is 3. The molecule has 6 amide bonds. The number of rotatable bonds is 51. The summed E-state index contributed by atoms with van der Waals surface area (Å²) in [6.45, 7) is 4.20. The van der Waals surface area contributed by atoms with Crippen molar-refractivity contribution >= 4 is 41.1 Å². The molecule has 0 saturated carbocycles. The molecule has 0 atom stereocenters. The summed E-state index contributed by atoms with van der Waals surface area (Å²) in [5.74, 6) is 4.63. The quantitative estimate of drug-likeness (QED) is 0.0306. The summed E-state index contributed by atoms with van der Waals surface area (Å²) in [7, 11) is 0. The largest absolute Gasteiger partial charge is 0.394 e. The number of ether oxygens (including phenoxy) is 10. The van der Waals surface area contributed by atoms with Crippen LogP contribution in [0.25, 0.3) is 0 Å². The number of para-hydroxylation sites is 1. The Bertz CT molecular complexity index is 2060. The molecule has 8 N–H and O–H groups in total. The molecule has 1 heterocycles. The zero-order chi connectivity index (χ0) is 59.0. The van der Waals surface area contributed by atoms with Gasteiger partial charge < -0.3 is 94.2 Å². The Hall–Kier alpha value is -5.70. The van der Waals surface area contributed by atoms with Crippen LogP contribution in [-0.2, 0) is 82.7 Å². The maximum Gasteiger partial charge on any atom is 0.227 e. The highest BCUT2D eigenvalue weighted by Crippen LogP contribution is 2.26. The van der Waals surface area contributed by atoms with Crippen molar-refractivity contribution in [3.63, 3.8) is 0 Å². The molecule has 0 saturated heterocycles. The predicted molar refractivity (Wildman–Crippen MR) is 299 cm³/mol. The van der Waals surface area contributed by atoms with Crippen molar-refractivity contribution in [3.8, 4) is 11.8 Å². The van der Waals surface area contributed by atoms with Gasteiger partial charge in [0.15, 0.2) is 0 Å². The van der Waals surface area contributed by atoms with Gasteiger partial charge in [-0.3, -0.25) is 28.8 Å². The Morgan fingerprint density at radius 3 is 1.34 bits per heavy atom. The first-order valence-electron chi connectivity index (χ1n) is 28.1. The lowest BCUT2D eigenvalue weighted by Gasteiger charge is -2.34. The first-order valence-corrected chi connectivity index (χ1v) is 28.1. The molecule has 3 rings (SSSR count). The first-order chi connectivity index (χ1) is 40.1. The smallest absolute Gasteiger partial charge is 0.227 e. The Morgan fingerprint density at radius 2 is 0.829 bits per heavy atom. The van der Waals surface area contributed by atoms with Gasteiger partial charge >= 0.3 is 0 Å². The molecule has 0 spiro atoms. The number of carbonyl (C=O) groups is 6. The summed E-state index contributed by atoms with van der Waals surface area (Å²) in [5, 5.41) is 40.6. The molecule has 1 aliphatic rings. The summed E-state index contributed by atoms with van der Waals surface area (Å²) in [6.07, 6.45) is 0.795. The van der Waals surface area contributed by atoms with E-state index in [2.05, 4.69) is 38.4 Å². The summed E-state index contributed by atoms with van der Waals surface area (Å²) in [5.41, 5.74) is 1.86. The van der Waals surface area contributed by atoms with Gasteiger partial charge in [0.2, 0.25) is 35.4 Å². The van der Waals surface area contributed by atoms with Crippen LogP contribution in [0.5, 0.6) is 0 Å². The molecule has 0 aromatic heterocycles. The van der Waals surface area contributed by atoms with Crippen molar-refractivity contribution in [1.82, 2.24) is 26.6 Å². The number of nitrogens with one attached hydrogen (secondary N) is 5. The van der Waals surface area contributed by atoms with E-state index in [1.165, 1.54) is 0 Å². The molecule has 82 heavy (non-hydrogen) atoms. The number of amides is 6. The fourth-order valence-corrected chi connectivity index (χ4v) is 7.59. The fraction of sp³-hybridized carbons (Fsp3) is 0.649. The minimum atomic E-state index is -1.34. The second-order valence-electron chi connectivity index (χ2n) is 18.5. The molecule has 0 fully saturated rings. The molecule has 1 aliphatic heterocycles. The average molecular weight is 1160 g/mol. The van der Waals surface area contributed by atoms with Gasteiger partial charge in [0, 0.05) is 89.0 Å². The van der Waals surface area contributed by atoms with Crippen LogP contribution in [-0.4, -0.2) is 234 Å². The van der Waals surface area contributed by atoms with Crippen LogP contribution in [0.1, 0.15) is 68.1 Å². The van der Waals surface area contributed by atoms with Crippen LogP contribution in [0.15, 0.2) is 48.5 Å². The molecule has 0 unspecified atom stereocenters. The van der Waals surface area contributed by atoms with Gasteiger partial charge in [-0.15, -0.1) is 0 Å². The molecule has 25 nitrogen and oxygen atoms in total. The van der Waals surface area contributed by atoms with E-state index in [-0.39, 0.29) is 193 Å². The van der Waals surface area contributed by atoms with Gasteiger partial charge in [0.25, 0.3) is 0 Å². The molecule has 25 heteroatoms. The SMILES string of the molecule is O=C(CCOCC(COCCC(=O)NCCOCCOCCO)(COCCC(=O)NCCOCCOCCO)NC(=O)CCCOCCCNC(=O)CCC(=O)N1Cc2ccccc2C#Cc2ccccc21)NCCOCCOCCO. The molecule has 0 aliphatic carbocycles. The van der Waals surface area contributed by atoms with Gasteiger partial charge in [-0.2, -0.15) is 0 Å². The molecular formula is C57H88N6O19. The maximum absolute atomic E-state index is 13.7. The fourth-order valence-electron chi connectivity index (χ4n) is 7.59. The number of nitrogens with zero attached hydrogens (tertiary/aromatic N) is 1. The molecule has 0 bridgehead atoms. The molecule has 2 aromatic carbocycles. The third-order valence-electron chi connectivity index (χ3n) is 11.7. The standard InChI is InChI=1S/C57H88N6O19/c64-23-34-77-40-37-74-31-20-59-52(68)16-28-80-44-57(45-81-29-17-53(69)60-21-32-75-38-41-78-35-24-65,46-82-30-18-54(70)61-22-33-76-39-42-79-36-25-66)62-55(71)11-5-26-73-27-6-19-58-51(67)14-15-56(72)63-43-49-9-2-1-7-47(49)12-13-48-8-3-4-10-50(48)63/h1-4,7-10,64-66H,5-6,11,14-46H2,(H,58,67)(H,59,68)(H,60,69)(H,61,70)(H,62,71). The van der Waals surface area contributed by atoms with Crippen molar-refractivity contribution in [2.45, 2.75) is 63.5 Å². The average Bonchev–Trinajstić information content (AvgIpc) is 3.68. The van der Waals surface area contributed by atoms with Gasteiger partial charge in [-0.1, -0.05) is 42.2 Å². The monoisotopic (exact) mass is 1160 g/mol. The third-order valence-corrected chi connectivity index (χ3v) is 11.7. The molecular weight excluding hydrogens is 1070 g/mol. The van der Waals surface area contributed by atoms with E-state index in [1.54, 1.807) is 4.90 Å². The number of anilines is 1. The van der Waals surface area contributed by atoms with Crippen LogP contribution in [0.2, 0.25) is 0 Å². The number of hydrogen-bond donors (Lipinski definition) is 8. The number of carbonyl (C=O) groups excluding carboxylic acids is 6. The van der Waals surface area contributed by atoms with E-state index in [1.807, 2.05) is 48.5 Å². The van der Waals surface area contributed by atoms with Crippen molar-refractivity contribution in [3.05, 3.63) is 65.2 Å². The minimum absolute atomic E-state index is 0.00582. The highest BCUT2D eigenvalue weighted by molar-refractivity contribution is 5.97. The number of fused-ring (bicyclic) bond motifs is 2. The number of benzene rings is 2. The van der Waals surface area contributed by atoms with E-state index in [9.17, 15) is 28.8 Å². The van der Waals surface area contributed by atoms with E-state index >= 15 is 0 Å². The molecule has 0 radical (unpaired) electrons. The molecule has 460 valence electrons. The predicted octanol–water partition coefficient (Wildman–Crippen LogP) is -0.484. The van der Waals surface area contributed by atoms with Crippen LogP contribution in [0, 0.1) is 11.8 Å². The van der Waals surface area contributed by atoms with E-state index in [0.29, 0.717) is 77.9 Å². The summed E-state index contributed by atoms with van der Waals surface area (Å²) in [4.78, 5) is 79.7. The normalized spacial score (nSPS) is 11.8. The maximum atomic E-state index is 13.7. The Labute approximate surface area is 481 Å². The van der Waals surface area contributed by atoms with Crippen LogP contribution in [0.4, 0.5) is 5.69 Å². The summed E-state index contributed by atoms with van der Waals surface area (Å²) >= 11 is 0. The Balaban J connectivity index is 1.52. The third kappa shape index (κ3) is 34.0. The lowest BCUT2D eigenvalue weighted by atomic mass is 10.0. The van der Waals surface area contributed by atoms with E-state index in [0.717, 1.165) is 16.7 Å². The van der Waals surface area contributed by atoms with Gasteiger partial charge in [-0.25, -0.2) is 0 Å². The van der Waals surface area contributed by atoms with Gasteiger partial charge in [0.1, 0.15) is 5.54 Å².